The van der Waals surface area contributed by atoms with E-state index in [2.05, 4.69) is 225 Å². The Bertz CT molecular complexity index is 1850. The molecule has 0 heterocycles. The van der Waals surface area contributed by atoms with Crippen molar-refractivity contribution in [1.29, 1.82) is 0 Å². The van der Waals surface area contributed by atoms with E-state index in [0.29, 0.717) is 12.8 Å². The lowest BCUT2D eigenvalue weighted by molar-refractivity contribution is 1.07. The Balaban J connectivity index is 1.75. The smallest absolute Gasteiger partial charge is 0.176 e. The Morgan fingerprint density at radius 3 is 0.868 bits per heavy atom. The van der Waals surface area contributed by atoms with Crippen molar-refractivity contribution in [3.63, 3.8) is 0 Å². The van der Waals surface area contributed by atoms with Gasteiger partial charge in [-0.2, -0.15) is 15.3 Å². The molecule has 0 saturated heterocycles. The van der Waals surface area contributed by atoms with Gasteiger partial charge in [0.15, 0.2) is 24.7 Å². The normalized spacial score (nSPS) is 12.6. The van der Waals surface area contributed by atoms with E-state index in [0.717, 1.165) is 45.3 Å². The fourth-order valence-corrected chi connectivity index (χ4v) is 10.1. The molecule has 0 fully saturated rings. The van der Waals surface area contributed by atoms with E-state index < -0.39 is 24.7 Å². The van der Waals surface area contributed by atoms with Crippen molar-refractivity contribution in [2.24, 2.45) is 15.3 Å². The van der Waals surface area contributed by atoms with Gasteiger partial charge in [0.1, 0.15) is 0 Å². The largest absolute Gasteiger partial charge is 0.295 e. The Labute approximate surface area is 321 Å². The van der Waals surface area contributed by atoms with Crippen LogP contribution in [-0.2, 0) is 0 Å². The van der Waals surface area contributed by atoms with Gasteiger partial charge in [0.25, 0.3) is 0 Å². The van der Waals surface area contributed by atoms with Crippen LogP contribution < -0.4 is 14.0 Å². The zero-order valence-corrected chi connectivity index (χ0v) is 36.0. The van der Waals surface area contributed by atoms with Crippen LogP contribution in [0.5, 0.6) is 0 Å². The Kier molecular flexibility index (Phi) is 12.9. The maximum absolute atomic E-state index is 5.67. The van der Waals surface area contributed by atoms with Crippen LogP contribution in [0.25, 0.3) is 0 Å². The molecular formula is C44H56N6Si3. The third-order valence-corrected chi connectivity index (χ3v) is 13.4. The van der Waals surface area contributed by atoms with E-state index in [1.807, 2.05) is 0 Å². The summed E-state index contributed by atoms with van der Waals surface area (Å²) in [5.41, 5.74) is 8.46. The van der Waals surface area contributed by atoms with Gasteiger partial charge in [-0.25, -0.2) is 0 Å². The predicted octanol–water partition coefficient (Wildman–Crippen LogP) is 12.0. The van der Waals surface area contributed by atoms with Crippen LogP contribution in [0.2, 0.25) is 58.9 Å². The first-order valence-electron chi connectivity index (χ1n) is 18.6. The zero-order valence-electron chi connectivity index (χ0n) is 33.0. The molecular weight excluding hydrogens is 697 g/mol. The summed E-state index contributed by atoms with van der Waals surface area (Å²) in [6.45, 7) is 21.1. The van der Waals surface area contributed by atoms with Gasteiger partial charge in [-0.3, -0.25) is 14.0 Å². The van der Waals surface area contributed by atoms with Crippen molar-refractivity contribution < 1.29 is 0 Å². The summed E-state index contributed by atoms with van der Waals surface area (Å²) >= 11 is 0. The second kappa shape index (κ2) is 17.3. The fourth-order valence-electron chi connectivity index (χ4n) is 6.05. The molecule has 0 atom stereocenters. The average molecular weight is 753 g/mol. The summed E-state index contributed by atoms with van der Waals surface area (Å²) in [6.07, 6.45) is 1.10. The molecule has 53 heavy (non-hydrogen) atoms. The van der Waals surface area contributed by atoms with E-state index >= 15 is 0 Å². The first kappa shape index (κ1) is 39.4. The molecule has 0 aromatic heterocycles. The summed E-state index contributed by atoms with van der Waals surface area (Å²) in [4.78, 5) is 0. The Morgan fingerprint density at radius 1 is 0.358 bits per heavy atom. The molecule has 274 valence electrons. The van der Waals surface area contributed by atoms with Crippen molar-refractivity contribution in [2.75, 3.05) is 14.0 Å². The molecule has 0 aliphatic heterocycles. The van der Waals surface area contributed by atoms with E-state index in [1.165, 1.54) is 0 Å². The quantitative estimate of drug-likeness (QED) is 0.0608. The number of benzene rings is 5. The topological polar surface area (TPSA) is 46.8 Å². The second-order valence-corrected chi connectivity index (χ2v) is 30.6. The number of nitrogens with zero attached hydrogens (tertiary/aromatic N) is 6. The van der Waals surface area contributed by atoms with Crippen molar-refractivity contribution in [3.05, 3.63) is 163 Å². The number of hydrogen-bond donors (Lipinski definition) is 0. The van der Waals surface area contributed by atoms with Gasteiger partial charge in [0.2, 0.25) is 0 Å². The fraction of sp³-hybridized carbons (Fsp3) is 0.250. The molecule has 0 spiro atoms. The van der Waals surface area contributed by atoms with Crippen LogP contribution in [0.3, 0.4) is 0 Å². The van der Waals surface area contributed by atoms with E-state index in [9.17, 15) is 0 Å². The first-order chi connectivity index (χ1) is 25.2. The number of para-hydroxylation sites is 3. The standard InChI is InChI=1S/C44H56N6Si3/c1-51(2,3)48(40-29-19-12-20-30-40)45-39(35-43(37-25-15-10-16-26-37)46-49(52(4,5)6)41-31-21-13-22-32-41)36-44(38-27-17-11-18-28-38)47-50(53(7,8)9)42-33-23-14-24-34-42/h10-34H,35-36H2,1-9H3. The van der Waals surface area contributed by atoms with Gasteiger partial charge in [-0.05, 0) is 106 Å². The van der Waals surface area contributed by atoms with Gasteiger partial charge in [0, 0.05) is 35.6 Å². The van der Waals surface area contributed by atoms with Gasteiger partial charge < -0.3 is 0 Å². The minimum atomic E-state index is -2.02. The maximum atomic E-state index is 5.67. The third-order valence-electron chi connectivity index (χ3n) is 8.55. The average Bonchev–Trinajstić information content (AvgIpc) is 3.14. The maximum Gasteiger partial charge on any atom is 0.176 e. The van der Waals surface area contributed by atoms with Crippen LogP contribution in [0.1, 0.15) is 24.0 Å². The third kappa shape index (κ3) is 11.1. The van der Waals surface area contributed by atoms with Gasteiger partial charge in [0.05, 0.1) is 11.4 Å². The van der Waals surface area contributed by atoms with Crippen molar-refractivity contribution >= 4 is 58.9 Å². The monoisotopic (exact) mass is 752 g/mol. The summed E-state index contributed by atoms with van der Waals surface area (Å²) in [5.74, 6) is 0. The highest BCUT2D eigenvalue weighted by molar-refractivity contribution is 6.80. The molecule has 9 heteroatoms. The molecule has 0 N–H and O–H groups in total. The summed E-state index contributed by atoms with van der Waals surface area (Å²) in [7, 11) is -5.98. The predicted molar refractivity (Wildman–Crippen MR) is 239 cm³/mol. The van der Waals surface area contributed by atoms with Crippen molar-refractivity contribution in [1.82, 2.24) is 0 Å². The molecule has 0 aliphatic carbocycles. The molecule has 5 aromatic carbocycles. The van der Waals surface area contributed by atoms with Crippen LogP contribution in [0, 0.1) is 0 Å². The van der Waals surface area contributed by atoms with E-state index in [4.69, 9.17) is 15.3 Å². The Morgan fingerprint density at radius 2 is 0.604 bits per heavy atom. The van der Waals surface area contributed by atoms with Crippen LogP contribution >= 0.6 is 0 Å². The summed E-state index contributed by atoms with van der Waals surface area (Å²) in [5, 5.41) is 16.8. The highest BCUT2D eigenvalue weighted by Gasteiger charge is 2.30. The van der Waals surface area contributed by atoms with Gasteiger partial charge in [-0.15, -0.1) is 0 Å². The second-order valence-electron chi connectivity index (χ2n) is 16.3. The van der Waals surface area contributed by atoms with E-state index in [-0.39, 0.29) is 0 Å². The molecule has 0 aliphatic rings. The number of rotatable bonds is 15. The van der Waals surface area contributed by atoms with Crippen LogP contribution in [0.4, 0.5) is 17.1 Å². The molecule has 0 amide bonds. The van der Waals surface area contributed by atoms with Crippen molar-refractivity contribution in [3.8, 4) is 0 Å². The SMILES string of the molecule is C[Si](C)(C)N(N=C(CC(=NN(c1ccccc1)[Si](C)(C)C)c1ccccc1)CC(=NN(c1ccccc1)[Si](C)(C)C)c1ccccc1)c1ccccc1. The number of anilines is 3. The molecule has 0 unspecified atom stereocenters. The molecule has 6 nitrogen and oxygen atoms in total. The Hall–Kier alpha value is -4.84. The number of hydrogen-bond acceptors (Lipinski definition) is 6. The minimum absolute atomic E-state index is 0.551. The van der Waals surface area contributed by atoms with Crippen molar-refractivity contribution in [2.45, 2.75) is 71.8 Å². The summed E-state index contributed by atoms with van der Waals surface area (Å²) in [6, 6.07) is 53.0. The van der Waals surface area contributed by atoms with Gasteiger partial charge in [-0.1, -0.05) is 115 Å². The first-order valence-corrected chi connectivity index (χ1v) is 28.9. The lowest BCUT2D eigenvalue weighted by Crippen LogP contribution is -2.44. The molecule has 0 saturated carbocycles. The van der Waals surface area contributed by atoms with Crippen LogP contribution in [0.15, 0.2) is 167 Å². The van der Waals surface area contributed by atoms with Gasteiger partial charge >= 0.3 is 0 Å². The minimum Gasteiger partial charge on any atom is -0.295 e. The van der Waals surface area contributed by atoms with Crippen LogP contribution in [-0.4, -0.2) is 41.8 Å². The molecule has 5 rings (SSSR count). The molecule has 0 bridgehead atoms. The lowest BCUT2D eigenvalue weighted by Gasteiger charge is -2.34. The lowest BCUT2D eigenvalue weighted by atomic mass is 9.99. The van der Waals surface area contributed by atoms with E-state index in [1.54, 1.807) is 0 Å². The summed E-state index contributed by atoms with van der Waals surface area (Å²) < 4.78 is 6.87. The molecule has 0 radical (unpaired) electrons. The zero-order chi connectivity index (χ0) is 38.1. The highest BCUT2D eigenvalue weighted by Crippen LogP contribution is 2.27. The molecule has 5 aromatic rings. The highest BCUT2D eigenvalue weighted by atomic mass is 28.3. The number of hydrazone groups is 3.